The zero-order valence-corrected chi connectivity index (χ0v) is 12.8. The third-order valence-electron chi connectivity index (χ3n) is 3.65. The Balaban J connectivity index is 2.54. The Morgan fingerprint density at radius 3 is 2.90 bits per heavy atom. The van der Waals surface area contributed by atoms with Gasteiger partial charge in [-0.3, -0.25) is 0 Å². The fourth-order valence-corrected chi connectivity index (χ4v) is 2.81. The Hall–Kier alpha value is -1.53. The maximum atomic E-state index is 9.22. The molecule has 0 bridgehead atoms. The van der Waals surface area contributed by atoms with Gasteiger partial charge >= 0.3 is 0 Å². The number of aromatic nitrogens is 2. The van der Waals surface area contributed by atoms with Gasteiger partial charge < -0.3 is 4.57 Å². The maximum absolute atomic E-state index is 9.22. The number of imidazole rings is 1. The molecule has 20 heavy (non-hydrogen) atoms. The lowest BCUT2D eigenvalue weighted by atomic mass is 10.1. The number of unbranched alkanes of at least 4 members (excludes halogenated alkanes) is 1. The van der Waals surface area contributed by atoms with Gasteiger partial charge in [0, 0.05) is 18.3 Å². The quantitative estimate of drug-likeness (QED) is 0.738. The van der Waals surface area contributed by atoms with E-state index in [2.05, 4.69) is 29.5 Å². The number of nitriles is 1. The summed E-state index contributed by atoms with van der Waals surface area (Å²) in [5.74, 6) is 1.53. The molecule has 1 aromatic carbocycles. The van der Waals surface area contributed by atoms with Gasteiger partial charge in [-0.25, -0.2) is 4.98 Å². The first-order chi connectivity index (χ1) is 9.72. The van der Waals surface area contributed by atoms with E-state index in [4.69, 9.17) is 11.6 Å². The summed E-state index contributed by atoms with van der Waals surface area (Å²) in [4.78, 5) is 4.66. The van der Waals surface area contributed by atoms with E-state index in [9.17, 15) is 5.26 Å². The lowest BCUT2D eigenvalue weighted by molar-refractivity contribution is 0.482. The number of hydrogen-bond acceptors (Lipinski definition) is 2. The minimum Gasteiger partial charge on any atom is -0.325 e. The van der Waals surface area contributed by atoms with Crippen LogP contribution in [0.2, 0.25) is 0 Å². The van der Waals surface area contributed by atoms with E-state index in [0.717, 1.165) is 29.7 Å². The molecule has 0 aliphatic rings. The van der Waals surface area contributed by atoms with Crippen LogP contribution in [0.3, 0.4) is 0 Å². The Morgan fingerprint density at radius 2 is 2.25 bits per heavy atom. The number of hydrogen-bond donors (Lipinski definition) is 0. The molecule has 0 radical (unpaired) electrons. The van der Waals surface area contributed by atoms with Crippen molar-refractivity contribution in [1.29, 1.82) is 5.26 Å². The molecule has 0 aliphatic heterocycles. The van der Waals surface area contributed by atoms with Crippen LogP contribution in [-0.2, 0) is 6.42 Å². The second-order valence-electron chi connectivity index (χ2n) is 5.11. The largest absolute Gasteiger partial charge is 0.325 e. The molecule has 1 unspecified atom stereocenters. The molecular formula is C16H20ClN3. The van der Waals surface area contributed by atoms with E-state index >= 15 is 0 Å². The highest BCUT2D eigenvalue weighted by molar-refractivity contribution is 6.17. The average molecular weight is 290 g/mol. The number of aryl methyl sites for hydroxylation is 1. The number of benzene rings is 1. The summed E-state index contributed by atoms with van der Waals surface area (Å²) in [6.45, 7) is 4.42. The summed E-state index contributed by atoms with van der Waals surface area (Å²) in [6, 6.07) is 8.40. The van der Waals surface area contributed by atoms with E-state index in [-0.39, 0.29) is 0 Å². The number of fused-ring (bicyclic) bond motifs is 1. The Bertz CT molecular complexity index is 624. The summed E-state index contributed by atoms with van der Waals surface area (Å²) in [5.41, 5.74) is 2.49. The van der Waals surface area contributed by atoms with Gasteiger partial charge in [-0.15, -0.1) is 11.6 Å². The van der Waals surface area contributed by atoms with Crippen molar-refractivity contribution in [2.75, 3.05) is 5.88 Å². The lowest BCUT2D eigenvalue weighted by Crippen LogP contribution is -2.10. The number of halogens is 1. The number of rotatable bonds is 6. The fourth-order valence-electron chi connectivity index (χ4n) is 2.64. The fraction of sp³-hybridized carbons (Fsp3) is 0.500. The van der Waals surface area contributed by atoms with Gasteiger partial charge in [-0.2, -0.15) is 5.26 Å². The van der Waals surface area contributed by atoms with Gasteiger partial charge in [-0.1, -0.05) is 25.8 Å². The molecule has 0 saturated heterocycles. The first kappa shape index (κ1) is 14.9. The van der Waals surface area contributed by atoms with Crippen molar-refractivity contribution in [1.82, 2.24) is 9.55 Å². The van der Waals surface area contributed by atoms with Crippen LogP contribution < -0.4 is 0 Å². The Labute approximate surface area is 125 Å². The van der Waals surface area contributed by atoms with Crippen molar-refractivity contribution in [2.24, 2.45) is 0 Å². The highest BCUT2D eigenvalue weighted by atomic mass is 35.5. The van der Waals surface area contributed by atoms with Gasteiger partial charge in [0.2, 0.25) is 0 Å². The number of para-hydroxylation sites is 1. The van der Waals surface area contributed by atoms with Crippen molar-refractivity contribution < 1.29 is 0 Å². The predicted octanol–water partition coefficient (Wildman–Crippen LogP) is 4.44. The van der Waals surface area contributed by atoms with E-state index < -0.39 is 0 Å². The minimum atomic E-state index is 0.382. The standard InChI is InChI=1S/C16H20ClN3/c1-3-4-6-12(2)20-14-8-5-7-13(11-18)16(14)19-15(20)9-10-17/h5,7-8,12H,3-4,6,9-10H2,1-2H3. The molecule has 4 heteroatoms. The van der Waals surface area contributed by atoms with E-state index in [1.165, 1.54) is 12.8 Å². The van der Waals surface area contributed by atoms with Crippen LogP contribution in [0, 0.1) is 11.3 Å². The smallest absolute Gasteiger partial charge is 0.111 e. The van der Waals surface area contributed by atoms with E-state index in [1.807, 2.05) is 18.2 Å². The second kappa shape index (κ2) is 6.76. The normalized spacial score (nSPS) is 12.5. The van der Waals surface area contributed by atoms with Crippen molar-refractivity contribution in [3.63, 3.8) is 0 Å². The van der Waals surface area contributed by atoms with Crippen molar-refractivity contribution >= 4 is 22.6 Å². The Morgan fingerprint density at radius 1 is 1.45 bits per heavy atom. The van der Waals surface area contributed by atoms with Crippen LogP contribution in [0.15, 0.2) is 18.2 Å². The first-order valence-electron chi connectivity index (χ1n) is 7.18. The third kappa shape index (κ3) is 2.81. The first-order valence-corrected chi connectivity index (χ1v) is 7.72. The summed E-state index contributed by atoms with van der Waals surface area (Å²) in [6.07, 6.45) is 4.23. The van der Waals surface area contributed by atoms with Crippen LogP contribution in [-0.4, -0.2) is 15.4 Å². The van der Waals surface area contributed by atoms with E-state index in [0.29, 0.717) is 17.5 Å². The molecule has 1 atom stereocenters. The average Bonchev–Trinajstić information content (AvgIpc) is 2.83. The SMILES string of the molecule is CCCCC(C)n1c(CCCl)nc2c(C#N)cccc21. The molecular weight excluding hydrogens is 270 g/mol. The maximum Gasteiger partial charge on any atom is 0.111 e. The van der Waals surface area contributed by atoms with Crippen molar-refractivity contribution in [3.8, 4) is 6.07 Å². The summed E-state index contributed by atoms with van der Waals surface area (Å²) in [5, 5.41) is 9.22. The molecule has 106 valence electrons. The molecule has 0 fully saturated rings. The lowest BCUT2D eigenvalue weighted by Gasteiger charge is -2.17. The van der Waals surface area contributed by atoms with Crippen LogP contribution in [0.5, 0.6) is 0 Å². The zero-order valence-electron chi connectivity index (χ0n) is 12.1. The molecule has 0 aliphatic carbocycles. The highest BCUT2D eigenvalue weighted by Crippen LogP contribution is 2.26. The topological polar surface area (TPSA) is 41.6 Å². The predicted molar refractivity (Wildman–Crippen MR) is 83.1 cm³/mol. The Kier molecular flexibility index (Phi) is 5.03. The zero-order chi connectivity index (χ0) is 14.5. The highest BCUT2D eigenvalue weighted by Gasteiger charge is 2.17. The molecule has 0 spiro atoms. The van der Waals surface area contributed by atoms with E-state index in [1.54, 1.807) is 0 Å². The van der Waals surface area contributed by atoms with Crippen LogP contribution in [0.4, 0.5) is 0 Å². The van der Waals surface area contributed by atoms with Crippen LogP contribution >= 0.6 is 11.6 Å². The minimum absolute atomic E-state index is 0.382. The monoisotopic (exact) mass is 289 g/mol. The van der Waals surface area contributed by atoms with Crippen LogP contribution in [0.1, 0.15) is 50.5 Å². The third-order valence-corrected chi connectivity index (χ3v) is 3.84. The molecule has 0 N–H and O–H groups in total. The van der Waals surface area contributed by atoms with Gasteiger partial charge in [-0.05, 0) is 25.5 Å². The summed E-state index contributed by atoms with van der Waals surface area (Å²) >= 11 is 5.90. The molecule has 0 saturated carbocycles. The second-order valence-corrected chi connectivity index (χ2v) is 5.49. The molecule has 0 amide bonds. The number of nitrogens with zero attached hydrogens (tertiary/aromatic N) is 3. The number of alkyl halides is 1. The molecule has 2 rings (SSSR count). The van der Waals surface area contributed by atoms with Crippen molar-refractivity contribution in [3.05, 3.63) is 29.6 Å². The molecule has 1 aromatic heterocycles. The van der Waals surface area contributed by atoms with Crippen molar-refractivity contribution in [2.45, 2.75) is 45.6 Å². The van der Waals surface area contributed by atoms with Crippen LogP contribution in [0.25, 0.3) is 11.0 Å². The molecule has 1 heterocycles. The summed E-state index contributed by atoms with van der Waals surface area (Å²) < 4.78 is 2.26. The summed E-state index contributed by atoms with van der Waals surface area (Å²) in [7, 11) is 0. The van der Waals surface area contributed by atoms with Gasteiger partial charge in [0.25, 0.3) is 0 Å². The molecule has 3 nitrogen and oxygen atoms in total. The van der Waals surface area contributed by atoms with Gasteiger partial charge in [0.15, 0.2) is 0 Å². The van der Waals surface area contributed by atoms with Gasteiger partial charge in [0.1, 0.15) is 17.4 Å². The molecule has 2 aromatic rings. The van der Waals surface area contributed by atoms with Gasteiger partial charge in [0.05, 0.1) is 11.1 Å².